The van der Waals surface area contributed by atoms with Crippen molar-refractivity contribution < 1.29 is 14.3 Å². The number of methoxy groups -OCH3 is 1. The van der Waals surface area contributed by atoms with E-state index in [1.54, 1.807) is 14.0 Å². The molecule has 0 fully saturated rings. The molecule has 0 saturated heterocycles. The van der Waals surface area contributed by atoms with Crippen molar-refractivity contribution in [3.63, 3.8) is 0 Å². The number of rotatable bonds is 7. The van der Waals surface area contributed by atoms with Gasteiger partial charge in [-0.25, -0.2) is 0 Å². The van der Waals surface area contributed by atoms with Crippen molar-refractivity contribution in [1.29, 1.82) is 0 Å². The van der Waals surface area contributed by atoms with Gasteiger partial charge in [0.25, 0.3) is 0 Å². The summed E-state index contributed by atoms with van der Waals surface area (Å²) < 4.78 is 10.5. The highest BCUT2D eigenvalue weighted by molar-refractivity contribution is 5.85. The monoisotopic (exact) mass is 288 g/mol. The highest BCUT2D eigenvalue weighted by Gasteiger charge is 2.08. The molecule has 1 atom stereocenters. The van der Waals surface area contributed by atoms with Crippen LogP contribution in [0.5, 0.6) is 5.75 Å². The number of hydrogen-bond acceptors (Lipinski definition) is 4. The number of halogens is 1. The summed E-state index contributed by atoms with van der Waals surface area (Å²) in [6.07, 6.45) is 0. The Morgan fingerprint density at radius 1 is 1.37 bits per heavy atom. The van der Waals surface area contributed by atoms with Crippen LogP contribution in [0.2, 0.25) is 0 Å². The van der Waals surface area contributed by atoms with E-state index in [9.17, 15) is 4.79 Å². The predicted octanol–water partition coefficient (Wildman–Crippen LogP) is 1.10. The summed E-state index contributed by atoms with van der Waals surface area (Å²) in [5.74, 6) is 0.571. The van der Waals surface area contributed by atoms with Crippen LogP contribution in [0.4, 0.5) is 0 Å². The molecule has 19 heavy (non-hydrogen) atoms. The third kappa shape index (κ3) is 6.42. The van der Waals surface area contributed by atoms with E-state index in [-0.39, 0.29) is 18.3 Å². The minimum Gasteiger partial charge on any atom is -0.491 e. The first kappa shape index (κ1) is 17.7. The average Bonchev–Trinajstić information content (AvgIpc) is 2.37. The predicted molar refractivity (Wildman–Crippen MR) is 76.6 cm³/mol. The second kappa shape index (κ2) is 9.61. The lowest BCUT2D eigenvalue weighted by atomic mass is 10.2. The first-order valence-electron chi connectivity index (χ1n) is 5.88. The molecular formula is C13H21ClN2O3. The standard InChI is InChI=1S/C13H20N2O3.ClH/c1-10(14)13(16)15-9-11-5-3-4-6-12(11)18-8-7-17-2;/h3-6,10H,7-9,14H2,1-2H3,(H,15,16);1H/t10-;/m1./s1. The second-order valence-electron chi connectivity index (χ2n) is 3.96. The molecule has 1 rings (SSSR count). The number of nitrogens with two attached hydrogens (primary N) is 1. The lowest BCUT2D eigenvalue weighted by Crippen LogP contribution is -2.37. The van der Waals surface area contributed by atoms with Crippen molar-refractivity contribution in [2.24, 2.45) is 5.73 Å². The van der Waals surface area contributed by atoms with Gasteiger partial charge in [-0.1, -0.05) is 18.2 Å². The van der Waals surface area contributed by atoms with E-state index in [4.69, 9.17) is 15.2 Å². The van der Waals surface area contributed by atoms with Gasteiger partial charge in [0.05, 0.1) is 12.6 Å². The summed E-state index contributed by atoms with van der Waals surface area (Å²) in [5.41, 5.74) is 6.40. The molecule has 3 N–H and O–H groups in total. The first-order chi connectivity index (χ1) is 8.65. The fourth-order valence-electron chi connectivity index (χ4n) is 1.37. The Morgan fingerprint density at radius 3 is 2.68 bits per heavy atom. The Morgan fingerprint density at radius 2 is 2.05 bits per heavy atom. The largest absolute Gasteiger partial charge is 0.491 e. The maximum Gasteiger partial charge on any atom is 0.236 e. The molecule has 5 nitrogen and oxygen atoms in total. The summed E-state index contributed by atoms with van der Waals surface area (Å²) >= 11 is 0. The number of hydrogen-bond donors (Lipinski definition) is 2. The molecule has 0 spiro atoms. The minimum atomic E-state index is -0.508. The van der Waals surface area contributed by atoms with Crippen LogP contribution < -0.4 is 15.8 Å². The molecule has 0 saturated carbocycles. The topological polar surface area (TPSA) is 73.6 Å². The van der Waals surface area contributed by atoms with Gasteiger partial charge < -0.3 is 20.5 Å². The van der Waals surface area contributed by atoms with Crippen molar-refractivity contribution >= 4 is 18.3 Å². The van der Waals surface area contributed by atoms with Crippen LogP contribution in [0.1, 0.15) is 12.5 Å². The summed E-state index contributed by atoms with van der Waals surface area (Å²) in [6.45, 7) is 3.06. The van der Waals surface area contributed by atoms with Gasteiger partial charge in [0, 0.05) is 19.2 Å². The number of nitrogens with one attached hydrogen (secondary N) is 1. The lowest BCUT2D eigenvalue weighted by Gasteiger charge is -2.12. The molecule has 1 aromatic rings. The molecule has 0 aliphatic rings. The normalized spacial score (nSPS) is 11.3. The van der Waals surface area contributed by atoms with Crippen molar-refractivity contribution in [2.45, 2.75) is 19.5 Å². The van der Waals surface area contributed by atoms with E-state index in [1.807, 2.05) is 24.3 Å². The molecule has 0 aliphatic carbocycles. The molecule has 0 aliphatic heterocycles. The molecule has 0 heterocycles. The van der Waals surface area contributed by atoms with Gasteiger partial charge in [-0.05, 0) is 13.0 Å². The molecular weight excluding hydrogens is 268 g/mol. The van der Waals surface area contributed by atoms with E-state index in [2.05, 4.69) is 5.32 Å². The molecule has 0 unspecified atom stereocenters. The summed E-state index contributed by atoms with van der Waals surface area (Å²) in [5, 5.41) is 2.75. The molecule has 108 valence electrons. The molecule has 6 heteroatoms. The zero-order valence-electron chi connectivity index (χ0n) is 11.2. The van der Waals surface area contributed by atoms with Crippen LogP contribution >= 0.6 is 12.4 Å². The maximum absolute atomic E-state index is 11.4. The van der Waals surface area contributed by atoms with E-state index in [1.165, 1.54) is 0 Å². The first-order valence-corrected chi connectivity index (χ1v) is 5.88. The quantitative estimate of drug-likeness (QED) is 0.737. The van der Waals surface area contributed by atoms with E-state index < -0.39 is 6.04 Å². The fraction of sp³-hybridized carbons (Fsp3) is 0.462. The van der Waals surface area contributed by atoms with Gasteiger partial charge >= 0.3 is 0 Å². The van der Waals surface area contributed by atoms with E-state index >= 15 is 0 Å². The maximum atomic E-state index is 11.4. The smallest absolute Gasteiger partial charge is 0.236 e. The SMILES string of the molecule is COCCOc1ccccc1CNC(=O)[C@@H](C)N.Cl. The number of para-hydroxylation sites is 1. The second-order valence-corrected chi connectivity index (χ2v) is 3.96. The summed E-state index contributed by atoms with van der Waals surface area (Å²) in [7, 11) is 1.62. The van der Waals surface area contributed by atoms with Gasteiger partial charge in [0.1, 0.15) is 12.4 Å². The van der Waals surface area contributed by atoms with E-state index in [0.29, 0.717) is 19.8 Å². The van der Waals surface area contributed by atoms with Gasteiger partial charge in [-0.2, -0.15) is 0 Å². The van der Waals surface area contributed by atoms with Crippen LogP contribution in [-0.2, 0) is 16.1 Å². The summed E-state index contributed by atoms with van der Waals surface area (Å²) in [4.78, 5) is 11.4. The Kier molecular flexibility index (Phi) is 8.95. The Balaban J connectivity index is 0.00000324. The zero-order valence-corrected chi connectivity index (χ0v) is 12.0. The van der Waals surface area contributed by atoms with Crippen LogP contribution in [0, 0.1) is 0 Å². The Hall–Kier alpha value is -1.30. The van der Waals surface area contributed by atoms with Crippen molar-refractivity contribution in [1.82, 2.24) is 5.32 Å². The van der Waals surface area contributed by atoms with Gasteiger partial charge in [0.15, 0.2) is 0 Å². The van der Waals surface area contributed by atoms with Gasteiger partial charge in [-0.15, -0.1) is 12.4 Å². The molecule has 0 radical (unpaired) electrons. The highest BCUT2D eigenvalue weighted by atomic mass is 35.5. The van der Waals surface area contributed by atoms with Crippen LogP contribution in [0.15, 0.2) is 24.3 Å². The molecule has 0 bridgehead atoms. The zero-order chi connectivity index (χ0) is 13.4. The number of amides is 1. The third-order valence-electron chi connectivity index (χ3n) is 2.38. The van der Waals surface area contributed by atoms with Gasteiger partial charge in [0.2, 0.25) is 5.91 Å². The van der Waals surface area contributed by atoms with Crippen molar-refractivity contribution in [3.8, 4) is 5.75 Å². The molecule has 1 amide bonds. The molecule has 0 aromatic heterocycles. The highest BCUT2D eigenvalue weighted by Crippen LogP contribution is 2.17. The van der Waals surface area contributed by atoms with Crippen molar-refractivity contribution in [3.05, 3.63) is 29.8 Å². The number of benzene rings is 1. The number of ether oxygens (including phenoxy) is 2. The Bertz CT molecular complexity index is 386. The number of carbonyl (C=O) groups excluding carboxylic acids is 1. The third-order valence-corrected chi connectivity index (χ3v) is 2.38. The Labute approximate surface area is 119 Å². The number of carbonyl (C=O) groups is 1. The van der Waals surface area contributed by atoms with E-state index in [0.717, 1.165) is 11.3 Å². The minimum absolute atomic E-state index is 0. The molecule has 1 aromatic carbocycles. The summed E-state index contributed by atoms with van der Waals surface area (Å²) in [6, 6.07) is 7.05. The average molecular weight is 289 g/mol. The lowest BCUT2D eigenvalue weighted by molar-refractivity contribution is -0.122. The van der Waals surface area contributed by atoms with Gasteiger partial charge in [-0.3, -0.25) is 4.79 Å². The van der Waals surface area contributed by atoms with Crippen molar-refractivity contribution in [2.75, 3.05) is 20.3 Å². The van der Waals surface area contributed by atoms with Crippen LogP contribution in [0.25, 0.3) is 0 Å². The van der Waals surface area contributed by atoms with Crippen LogP contribution in [0.3, 0.4) is 0 Å². The van der Waals surface area contributed by atoms with Crippen LogP contribution in [-0.4, -0.2) is 32.3 Å². The fourth-order valence-corrected chi connectivity index (χ4v) is 1.37.